The molecule has 0 aliphatic rings. The van der Waals surface area contributed by atoms with Crippen LogP contribution in [0.1, 0.15) is 27.6 Å². The summed E-state index contributed by atoms with van der Waals surface area (Å²) in [7, 11) is 0. The Hall–Kier alpha value is -2.12. The van der Waals surface area contributed by atoms with E-state index in [0.717, 1.165) is 6.07 Å². The first-order chi connectivity index (χ1) is 8.29. The number of hydrogen-bond donors (Lipinski definition) is 0. The molecule has 18 heavy (non-hydrogen) atoms. The van der Waals surface area contributed by atoms with Crippen molar-refractivity contribution in [3.8, 4) is 0 Å². The molecule has 2 heterocycles. The van der Waals surface area contributed by atoms with Crippen molar-refractivity contribution in [1.29, 1.82) is 0 Å². The van der Waals surface area contributed by atoms with Crippen molar-refractivity contribution < 1.29 is 22.5 Å². The molecule has 0 spiro atoms. The summed E-state index contributed by atoms with van der Waals surface area (Å²) in [6.45, 7) is 2.92. The molecule has 0 amide bonds. The van der Waals surface area contributed by atoms with Gasteiger partial charge >= 0.3 is 12.1 Å². The molecule has 0 unspecified atom stereocenters. The quantitative estimate of drug-likeness (QED) is 0.787. The van der Waals surface area contributed by atoms with Crippen LogP contribution in [-0.4, -0.2) is 20.8 Å². The van der Waals surface area contributed by atoms with Crippen LogP contribution in [0.3, 0.4) is 0 Å². The molecule has 0 saturated heterocycles. The van der Waals surface area contributed by atoms with Crippen LogP contribution < -0.4 is 0 Å². The predicted molar refractivity (Wildman–Crippen MR) is 52.9 cm³/mol. The van der Waals surface area contributed by atoms with Gasteiger partial charge in [-0.2, -0.15) is 23.0 Å². The minimum Gasteiger partial charge on any atom is -0.351 e. The molecule has 2 aromatic heterocycles. The van der Waals surface area contributed by atoms with Crippen LogP contribution in [0.15, 0.2) is 16.7 Å². The highest BCUT2D eigenvalue weighted by molar-refractivity contribution is 5.93. The zero-order valence-electron chi connectivity index (χ0n) is 9.45. The summed E-state index contributed by atoms with van der Waals surface area (Å²) in [5.74, 6) is -1.29. The van der Waals surface area contributed by atoms with Crippen LogP contribution >= 0.6 is 0 Å². The van der Waals surface area contributed by atoms with Gasteiger partial charge in [-0.25, -0.2) is 0 Å². The molecule has 8 heteroatoms. The lowest BCUT2D eigenvalue weighted by molar-refractivity contribution is -0.143. The molecule has 0 atom stereocenters. The fraction of sp³-hybridized carbons (Fsp3) is 0.300. The zero-order valence-corrected chi connectivity index (χ0v) is 9.45. The summed E-state index contributed by atoms with van der Waals surface area (Å²) in [4.78, 5) is 11.8. The predicted octanol–water partition coefficient (Wildman–Crippen LogP) is 2.20. The van der Waals surface area contributed by atoms with E-state index in [-0.39, 0.29) is 16.1 Å². The molecule has 96 valence electrons. The first-order valence-corrected chi connectivity index (χ1v) is 4.91. The van der Waals surface area contributed by atoms with E-state index in [9.17, 15) is 18.0 Å². The summed E-state index contributed by atoms with van der Waals surface area (Å²) >= 11 is 0. The fourth-order valence-electron chi connectivity index (χ4n) is 1.42. The van der Waals surface area contributed by atoms with Crippen LogP contribution in [0, 0.1) is 13.8 Å². The molecule has 0 fully saturated rings. The Bertz CT molecular complexity index is 598. The van der Waals surface area contributed by atoms with Gasteiger partial charge in [-0.15, -0.1) is 0 Å². The van der Waals surface area contributed by atoms with Gasteiger partial charge in [0.2, 0.25) is 5.76 Å². The summed E-state index contributed by atoms with van der Waals surface area (Å²) in [6.07, 6.45) is -4.66. The second-order valence-corrected chi connectivity index (χ2v) is 3.72. The molecule has 0 N–H and O–H groups in total. The Morgan fingerprint density at radius 3 is 2.44 bits per heavy atom. The lowest BCUT2D eigenvalue weighted by atomic mass is 10.3. The topological polar surface area (TPSA) is 60.9 Å². The smallest absolute Gasteiger partial charge is 0.351 e. The normalized spacial score (nSPS) is 11.8. The van der Waals surface area contributed by atoms with E-state index in [1.807, 2.05) is 0 Å². The SMILES string of the molecule is Cc1cc(C(=O)n2nc(C)cc2C(F)(F)F)on1. The van der Waals surface area contributed by atoms with Crippen LogP contribution in [0.4, 0.5) is 13.2 Å². The van der Waals surface area contributed by atoms with E-state index in [0.29, 0.717) is 5.69 Å². The molecule has 0 bridgehead atoms. The maximum atomic E-state index is 12.7. The van der Waals surface area contributed by atoms with Crippen LogP contribution in [0.2, 0.25) is 0 Å². The standard InChI is InChI=1S/C10H8F3N3O2/c1-5-4-8(10(11,12)13)16(14-5)9(17)7-3-6(2)15-18-7/h3-4H,1-2H3. The van der Waals surface area contributed by atoms with Gasteiger partial charge in [0.25, 0.3) is 0 Å². The number of hydrogen-bond acceptors (Lipinski definition) is 4. The average Bonchev–Trinajstić information content (AvgIpc) is 2.82. The highest BCUT2D eigenvalue weighted by Gasteiger charge is 2.38. The van der Waals surface area contributed by atoms with Crippen LogP contribution in [0.25, 0.3) is 0 Å². The van der Waals surface area contributed by atoms with Crippen molar-refractivity contribution in [3.05, 3.63) is 35.0 Å². The molecule has 2 rings (SSSR count). The molecule has 2 aromatic rings. The molecular weight excluding hydrogens is 251 g/mol. The highest BCUT2D eigenvalue weighted by Crippen LogP contribution is 2.30. The van der Waals surface area contributed by atoms with Gasteiger partial charge in [0, 0.05) is 6.07 Å². The summed E-state index contributed by atoms with van der Waals surface area (Å²) in [5.41, 5.74) is -0.651. The number of carbonyl (C=O) groups excluding carboxylic acids is 1. The van der Waals surface area contributed by atoms with Crippen LogP contribution in [0.5, 0.6) is 0 Å². The van der Waals surface area contributed by atoms with E-state index < -0.39 is 17.8 Å². The third-order valence-corrected chi connectivity index (χ3v) is 2.15. The number of nitrogens with zero attached hydrogens (tertiary/aromatic N) is 3. The van der Waals surface area contributed by atoms with Gasteiger partial charge in [0.05, 0.1) is 11.4 Å². The first kappa shape index (κ1) is 12.3. The number of carbonyl (C=O) groups is 1. The largest absolute Gasteiger partial charge is 0.433 e. The molecular formula is C10H8F3N3O2. The minimum atomic E-state index is -4.66. The number of aromatic nitrogens is 3. The van der Waals surface area contributed by atoms with Crippen molar-refractivity contribution in [3.63, 3.8) is 0 Å². The monoisotopic (exact) mass is 259 g/mol. The molecule has 0 aromatic carbocycles. The van der Waals surface area contributed by atoms with Crippen LogP contribution in [-0.2, 0) is 6.18 Å². The third-order valence-electron chi connectivity index (χ3n) is 2.15. The van der Waals surface area contributed by atoms with Crippen molar-refractivity contribution in [1.82, 2.24) is 14.9 Å². The Morgan fingerprint density at radius 1 is 1.28 bits per heavy atom. The molecule has 5 nitrogen and oxygen atoms in total. The highest BCUT2D eigenvalue weighted by atomic mass is 19.4. The van der Waals surface area contributed by atoms with Gasteiger partial charge in [-0.1, -0.05) is 5.16 Å². The minimum absolute atomic E-state index is 0.0897. The van der Waals surface area contributed by atoms with Crippen molar-refractivity contribution in [2.24, 2.45) is 0 Å². The molecule has 0 radical (unpaired) electrons. The van der Waals surface area contributed by atoms with E-state index >= 15 is 0 Å². The Kier molecular flexibility index (Phi) is 2.72. The third kappa shape index (κ3) is 2.13. The zero-order chi connectivity index (χ0) is 13.5. The van der Waals surface area contributed by atoms with Crippen molar-refractivity contribution in [2.45, 2.75) is 20.0 Å². The average molecular weight is 259 g/mol. The summed E-state index contributed by atoms with van der Waals surface area (Å²) in [5, 5.41) is 6.97. The Balaban J connectivity index is 2.48. The number of rotatable bonds is 1. The number of halogens is 3. The lowest BCUT2D eigenvalue weighted by Gasteiger charge is -2.06. The first-order valence-electron chi connectivity index (χ1n) is 4.91. The second-order valence-electron chi connectivity index (χ2n) is 3.72. The van der Waals surface area contributed by atoms with E-state index in [1.54, 1.807) is 6.92 Å². The summed E-state index contributed by atoms with van der Waals surface area (Å²) < 4.78 is 43.0. The van der Waals surface area contributed by atoms with Crippen molar-refractivity contribution >= 4 is 5.91 Å². The van der Waals surface area contributed by atoms with Crippen molar-refractivity contribution in [2.75, 3.05) is 0 Å². The van der Waals surface area contributed by atoms with E-state index in [2.05, 4.69) is 14.8 Å². The number of aryl methyl sites for hydroxylation is 2. The van der Waals surface area contributed by atoms with Gasteiger partial charge in [-0.05, 0) is 19.9 Å². The lowest BCUT2D eigenvalue weighted by Crippen LogP contribution is -2.21. The van der Waals surface area contributed by atoms with Gasteiger partial charge < -0.3 is 4.52 Å². The fourth-order valence-corrected chi connectivity index (χ4v) is 1.42. The van der Waals surface area contributed by atoms with Gasteiger partial charge in [0.15, 0.2) is 5.69 Å². The summed E-state index contributed by atoms with van der Waals surface area (Å²) in [6, 6.07) is 2.04. The maximum Gasteiger partial charge on any atom is 0.433 e. The molecule has 0 aliphatic heterocycles. The van der Waals surface area contributed by atoms with Gasteiger partial charge in [-0.3, -0.25) is 4.79 Å². The van der Waals surface area contributed by atoms with E-state index in [1.165, 1.54) is 13.0 Å². The molecule has 0 saturated carbocycles. The Morgan fingerprint density at radius 2 is 1.94 bits per heavy atom. The Labute approximate surface area is 99.2 Å². The molecule has 0 aliphatic carbocycles. The number of alkyl halides is 3. The van der Waals surface area contributed by atoms with Gasteiger partial charge in [0.1, 0.15) is 0 Å². The van der Waals surface area contributed by atoms with E-state index in [4.69, 9.17) is 0 Å². The maximum absolute atomic E-state index is 12.7. The second kappa shape index (κ2) is 3.97.